The largest absolute Gasteiger partial charge is 0.305 e. The Balaban J connectivity index is 2.12. The number of carbonyl (C=O) groups is 1. The molecule has 0 aliphatic heterocycles. The van der Waals surface area contributed by atoms with E-state index < -0.39 is 0 Å². The van der Waals surface area contributed by atoms with Crippen LogP contribution in [0.15, 0.2) is 47.3 Å². The van der Waals surface area contributed by atoms with Gasteiger partial charge in [0.1, 0.15) is 0 Å². The summed E-state index contributed by atoms with van der Waals surface area (Å²) in [5.41, 5.74) is 0.578. The van der Waals surface area contributed by atoms with Gasteiger partial charge in [-0.2, -0.15) is 0 Å². The van der Waals surface area contributed by atoms with E-state index in [1.165, 1.54) is 12.4 Å². The Hall–Kier alpha value is -1.75. The third-order valence-corrected chi connectivity index (χ3v) is 2.44. The summed E-state index contributed by atoms with van der Waals surface area (Å²) in [6.45, 7) is 0. The number of aromatic nitrogens is 2. The molecule has 1 aromatic heterocycles. The highest BCUT2D eigenvalue weighted by Gasteiger charge is 2.05. The smallest absolute Gasteiger partial charge is 0.256 e. The Morgan fingerprint density at radius 2 is 1.94 bits per heavy atom. The summed E-state index contributed by atoms with van der Waals surface area (Å²) in [5, 5.41) is 2.65. The molecule has 0 radical (unpaired) electrons. The predicted octanol–water partition coefficient (Wildman–Crippen LogP) is 2.49. The third-order valence-electron chi connectivity index (χ3n) is 1.91. The van der Waals surface area contributed by atoms with Crippen LogP contribution < -0.4 is 5.32 Å². The highest BCUT2D eigenvalue weighted by atomic mass is 79.9. The minimum Gasteiger partial charge on any atom is -0.305 e. The third kappa shape index (κ3) is 2.64. The Morgan fingerprint density at radius 3 is 2.56 bits per heavy atom. The molecule has 80 valence electrons. The molecule has 0 saturated carbocycles. The summed E-state index contributed by atoms with van der Waals surface area (Å²) in [6, 6.07) is 7.09. The molecule has 2 rings (SSSR count). The van der Waals surface area contributed by atoms with E-state index in [0.29, 0.717) is 11.4 Å². The number of benzene rings is 1. The van der Waals surface area contributed by atoms with E-state index in [1.807, 2.05) is 12.1 Å². The highest BCUT2D eigenvalue weighted by molar-refractivity contribution is 9.10. The van der Waals surface area contributed by atoms with E-state index in [-0.39, 0.29) is 5.91 Å². The number of rotatable bonds is 2. The lowest BCUT2D eigenvalue weighted by molar-refractivity contribution is 0.102. The summed E-state index contributed by atoms with van der Waals surface area (Å²) < 4.78 is 0.934. The number of hydrogen-bond donors (Lipinski definition) is 1. The molecule has 0 unspecified atom stereocenters. The topological polar surface area (TPSA) is 54.9 Å². The highest BCUT2D eigenvalue weighted by Crippen LogP contribution is 2.11. The van der Waals surface area contributed by atoms with Gasteiger partial charge in [0.2, 0.25) is 0 Å². The first-order chi connectivity index (χ1) is 7.75. The SMILES string of the molecule is O=C(Nc1cnccn1)c1ccc(Br)cc1. The Bertz CT molecular complexity index is 484. The summed E-state index contributed by atoms with van der Waals surface area (Å²) >= 11 is 3.31. The van der Waals surface area contributed by atoms with Gasteiger partial charge in [0, 0.05) is 22.4 Å². The number of hydrogen-bond acceptors (Lipinski definition) is 3. The van der Waals surface area contributed by atoms with E-state index in [0.717, 1.165) is 4.47 Å². The van der Waals surface area contributed by atoms with Gasteiger partial charge in [0.15, 0.2) is 5.82 Å². The number of halogens is 1. The Kier molecular flexibility index (Phi) is 3.26. The van der Waals surface area contributed by atoms with Crippen molar-refractivity contribution in [2.24, 2.45) is 0 Å². The van der Waals surface area contributed by atoms with Crippen LogP contribution in [0.4, 0.5) is 5.82 Å². The van der Waals surface area contributed by atoms with Gasteiger partial charge in [-0.25, -0.2) is 4.98 Å². The second-order valence-electron chi connectivity index (χ2n) is 3.05. The maximum Gasteiger partial charge on any atom is 0.256 e. The molecule has 5 heteroatoms. The molecule has 1 heterocycles. The van der Waals surface area contributed by atoms with Crippen molar-refractivity contribution < 1.29 is 4.79 Å². The van der Waals surface area contributed by atoms with Gasteiger partial charge in [-0.05, 0) is 24.3 Å². The quantitative estimate of drug-likeness (QED) is 0.918. The Morgan fingerprint density at radius 1 is 1.19 bits per heavy atom. The van der Waals surface area contributed by atoms with Crippen molar-refractivity contribution in [3.8, 4) is 0 Å². The van der Waals surface area contributed by atoms with Crippen molar-refractivity contribution in [3.63, 3.8) is 0 Å². The molecule has 1 N–H and O–H groups in total. The lowest BCUT2D eigenvalue weighted by atomic mass is 10.2. The molecule has 2 aromatic rings. The van der Waals surface area contributed by atoms with Crippen molar-refractivity contribution in [1.29, 1.82) is 0 Å². The van der Waals surface area contributed by atoms with Crippen molar-refractivity contribution in [3.05, 3.63) is 52.9 Å². The van der Waals surface area contributed by atoms with Crippen LogP contribution in [0.2, 0.25) is 0 Å². The molecule has 0 aliphatic rings. The molecule has 0 saturated heterocycles. The number of carbonyl (C=O) groups excluding carboxylic acids is 1. The molecule has 0 fully saturated rings. The van der Waals surface area contributed by atoms with Gasteiger partial charge in [-0.1, -0.05) is 15.9 Å². The average Bonchev–Trinajstić information content (AvgIpc) is 2.31. The fraction of sp³-hybridized carbons (Fsp3) is 0. The van der Waals surface area contributed by atoms with E-state index in [9.17, 15) is 4.79 Å². The van der Waals surface area contributed by atoms with Crippen LogP contribution in [0.1, 0.15) is 10.4 Å². The standard InChI is InChI=1S/C11H8BrN3O/c12-9-3-1-8(2-4-9)11(16)15-10-7-13-5-6-14-10/h1-7H,(H,14,15,16). The molecule has 16 heavy (non-hydrogen) atoms. The van der Waals surface area contributed by atoms with E-state index in [2.05, 4.69) is 31.2 Å². The first kappa shape index (κ1) is 10.8. The molecular formula is C11H8BrN3O. The van der Waals surface area contributed by atoms with Crippen LogP contribution in [0.25, 0.3) is 0 Å². The number of amides is 1. The lowest BCUT2D eigenvalue weighted by Gasteiger charge is -2.03. The summed E-state index contributed by atoms with van der Waals surface area (Å²) in [5.74, 6) is 0.239. The molecule has 0 spiro atoms. The first-order valence-corrected chi connectivity index (χ1v) is 5.38. The minimum atomic E-state index is -0.201. The van der Waals surface area contributed by atoms with Gasteiger partial charge in [-0.3, -0.25) is 9.78 Å². The average molecular weight is 278 g/mol. The number of anilines is 1. The number of nitrogens with zero attached hydrogens (tertiary/aromatic N) is 2. The fourth-order valence-electron chi connectivity index (χ4n) is 1.15. The van der Waals surface area contributed by atoms with Crippen molar-refractivity contribution in [2.75, 3.05) is 5.32 Å². The van der Waals surface area contributed by atoms with Crippen LogP contribution in [-0.4, -0.2) is 15.9 Å². The molecule has 1 aromatic carbocycles. The van der Waals surface area contributed by atoms with Gasteiger partial charge < -0.3 is 5.32 Å². The molecule has 1 amide bonds. The normalized spacial score (nSPS) is 9.81. The van der Waals surface area contributed by atoms with Crippen molar-refractivity contribution >= 4 is 27.7 Å². The Labute approximate surface area is 101 Å². The zero-order chi connectivity index (χ0) is 11.4. The van der Waals surface area contributed by atoms with Gasteiger partial charge >= 0.3 is 0 Å². The zero-order valence-electron chi connectivity index (χ0n) is 8.22. The zero-order valence-corrected chi connectivity index (χ0v) is 9.81. The summed E-state index contributed by atoms with van der Waals surface area (Å²) in [7, 11) is 0. The van der Waals surface area contributed by atoms with Crippen LogP contribution in [0, 0.1) is 0 Å². The first-order valence-electron chi connectivity index (χ1n) is 4.58. The molecule has 4 nitrogen and oxygen atoms in total. The lowest BCUT2D eigenvalue weighted by Crippen LogP contribution is -2.12. The maximum absolute atomic E-state index is 11.7. The van der Waals surface area contributed by atoms with Crippen molar-refractivity contribution in [2.45, 2.75) is 0 Å². The van der Waals surface area contributed by atoms with E-state index >= 15 is 0 Å². The van der Waals surface area contributed by atoms with Crippen LogP contribution in [-0.2, 0) is 0 Å². The van der Waals surface area contributed by atoms with Crippen LogP contribution in [0.3, 0.4) is 0 Å². The minimum absolute atomic E-state index is 0.201. The number of nitrogens with one attached hydrogen (secondary N) is 1. The predicted molar refractivity (Wildman–Crippen MR) is 64.1 cm³/mol. The molecular weight excluding hydrogens is 270 g/mol. The second kappa shape index (κ2) is 4.85. The van der Waals surface area contributed by atoms with Crippen LogP contribution >= 0.6 is 15.9 Å². The maximum atomic E-state index is 11.7. The summed E-state index contributed by atoms with van der Waals surface area (Å²) in [6.07, 6.45) is 4.57. The van der Waals surface area contributed by atoms with E-state index in [4.69, 9.17) is 0 Å². The van der Waals surface area contributed by atoms with Crippen LogP contribution in [0.5, 0.6) is 0 Å². The van der Waals surface area contributed by atoms with Crippen molar-refractivity contribution in [1.82, 2.24) is 9.97 Å². The van der Waals surface area contributed by atoms with Gasteiger partial charge in [-0.15, -0.1) is 0 Å². The summed E-state index contributed by atoms with van der Waals surface area (Å²) in [4.78, 5) is 19.6. The van der Waals surface area contributed by atoms with Gasteiger partial charge in [0.05, 0.1) is 6.20 Å². The van der Waals surface area contributed by atoms with E-state index in [1.54, 1.807) is 18.3 Å². The van der Waals surface area contributed by atoms with Gasteiger partial charge in [0.25, 0.3) is 5.91 Å². The molecule has 0 atom stereocenters. The monoisotopic (exact) mass is 277 g/mol. The second-order valence-corrected chi connectivity index (χ2v) is 3.97. The fourth-order valence-corrected chi connectivity index (χ4v) is 1.42. The molecule has 0 aliphatic carbocycles. The molecule has 0 bridgehead atoms.